The van der Waals surface area contributed by atoms with E-state index in [4.69, 9.17) is 13.9 Å². The predicted molar refractivity (Wildman–Crippen MR) is 119 cm³/mol. The number of fused-ring (bicyclic) bond motifs is 1. The van der Waals surface area contributed by atoms with Crippen LogP contribution in [0.5, 0.6) is 17.2 Å². The number of rotatable bonds is 6. The average Bonchev–Trinajstić information content (AvgIpc) is 2.76. The molecule has 0 bridgehead atoms. The van der Waals surface area contributed by atoms with Crippen LogP contribution in [0.1, 0.15) is 11.1 Å². The van der Waals surface area contributed by atoms with Crippen LogP contribution in [0.15, 0.2) is 82.2 Å². The topological polar surface area (TPSA) is 77.8 Å². The summed E-state index contributed by atoms with van der Waals surface area (Å²) in [4.78, 5) is 24.9. The van der Waals surface area contributed by atoms with Crippen molar-refractivity contribution in [3.05, 3.63) is 94.3 Å². The number of hydrogen-bond donors (Lipinski definition) is 1. The second-order valence-corrected chi connectivity index (χ2v) is 7.16. The molecular formula is C25H21NO5. The smallest absolute Gasteiger partial charge is 0.262 e. The Kier molecular flexibility index (Phi) is 5.71. The summed E-state index contributed by atoms with van der Waals surface area (Å²) in [6, 6.07) is 19.7. The molecule has 0 saturated heterocycles. The van der Waals surface area contributed by atoms with E-state index in [1.165, 1.54) is 6.26 Å². The fourth-order valence-corrected chi connectivity index (χ4v) is 3.11. The summed E-state index contributed by atoms with van der Waals surface area (Å²) in [5.74, 6) is 0.802. The summed E-state index contributed by atoms with van der Waals surface area (Å²) in [6.07, 6.45) is 1.28. The molecule has 1 heterocycles. The number of para-hydroxylation sites is 1. The molecule has 0 aliphatic rings. The van der Waals surface area contributed by atoms with Crippen LogP contribution in [0.2, 0.25) is 0 Å². The van der Waals surface area contributed by atoms with Crippen molar-refractivity contribution in [3.8, 4) is 17.2 Å². The molecule has 0 aliphatic heterocycles. The maximum atomic E-state index is 12.7. The van der Waals surface area contributed by atoms with Gasteiger partial charge in [0, 0.05) is 11.8 Å². The standard InChI is InChI=1S/C25H21NO5/c1-16-6-5-8-19(12-16)31-23-14-30-22-13-18(10-11-20(22)25(23)28)29-15-24(27)26-21-9-4-3-7-17(21)2/h3-14H,15H2,1-2H3,(H,26,27). The first-order chi connectivity index (χ1) is 15.0. The lowest BCUT2D eigenvalue weighted by molar-refractivity contribution is -0.118. The molecule has 1 N–H and O–H groups in total. The Bertz CT molecular complexity index is 1310. The molecule has 0 unspecified atom stereocenters. The van der Waals surface area contributed by atoms with Gasteiger partial charge in [0.1, 0.15) is 23.3 Å². The zero-order valence-corrected chi connectivity index (χ0v) is 17.2. The molecule has 1 amide bonds. The molecule has 1 aromatic heterocycles. The van der Waals surface area contributed by atoms with Gasteiger partial charge in [0.25, 0.3) is 5.91 Å². The second-order valence-electron chi connectivity index (χ2n) is 7.16. The number of ether oxygens (including phenoxy) is 2. The van der Waals surface area contributed by atoms with Crippen molar-refractivity contribution in [2.24, 2.45) is 0 Å². The van der Waals surface area contributed by atoms with E-state index in [1.807, 2.05) is 56.3 Å². The summed E-state index contributed by atoms with van der Waals surface area (Å²) >= 11 is 0. The third kappa shape index (κ3) is 4.75. The van der Waals surface area contributed by atoms with Crippen molar-refractivity contribution in [3.63, 3.8) is 0 Å². The van der Waals surface area contributed by atoms with E-state index in [0.717, 1.165) is 16.8 Å². The fourth-order valence-electron chi connectivity index (χ4n) is 3.11. The SMILES string of the molecule is Cc1cccc(Oc2coc3cc(OCC(=O)Nc4ccccc4C)ccc3c2=O)c1. The molecule has 3 aromatic carbocycles. The first kappa shape index (κ1) is 20.2. The zero-order valence-electron chi connectivity index (χ0n) is 17.2. The third-order valence-corrected chi connectivity index (χ3v) is 4.72. The van der Waals surface area contributed by atoms with Crippen LogP contribution in [0.25, 0.3) is 11.0 Å². The van der Waals surface area contributed by atoms with Gasteiger partial charge in [-0.1, -0.05) is 30.3 Å². The van der Waals surface area contributed by atoms with Gasteiger partial charge >= 0.3 is 0 Å². The van der Waals surface area contributed by atoms with E-state index < -0.39 is 0 Å². The Hall–Kier alpha value is -4.06. The first-order valence-corrected chi connectivity index (χ1v) is 9.78. The van der Waals surface area contributed by atoms with Crippen LogP contribution in [0, 0.1) is 13.8 Å². The fraction of sp³-hybridized carbons (Fsp3) is 0.120. The highest BCUT2D eigenvalue weighted by Gasteiger charge is 2.11. The molecule has 6 nitrogen and oxygen atoms in total. The summed E-state index contributed by atoms with van der Waals surface area (Å²) < 4.78 is 16.8. The minimum absolute atomic E-state index is 0.101. The second kappa shape index (κ2) is 8.75. The highest BCUT2D eigenvalue weighted by atomic mass is 16.5. The molecule has 4 aromatic rings. The van der Waals surface area contributed by atoms with Crippen LogP contribution < -0.4 is 20.2 Å². The number of benzene rings is 3. The van der Waals surface area contributed by atoms with Crippen molar-refractivity contribution >= 4 is 22.6 Å². The van der Waals surface area contributed by atoms with Crippen molar-refractivity contribution < 1.29 is 18.7 Å². The van der Waals surface area contributed by atoms with Crippen LogP contribution in [-0.4, -0.2) is 12.5 Å². The van der Waals surface area contributed by atoms with Gasteiger partial charge in [0.05, 0.1) is 5.39 Å². The molecule has 156 valence electrons. The Labute approximate surface area is 179 Å². The third-order valence-electron chi connectivity index (χ3n) is 4.72. The summed E-state index contributed by atoms with van der Waals surface area (Å²) in [5.41, 5.74) is 2.79. The minimum atomic E-state index is -0.286. The van der Waals surface area contributed by atoms with Gasteiger partial charge in [-0.2, -0.15) is 0 Å². The average molecular weight is 415 g/mol. The number of carbonyl (C=O) groups is 1. The lowest BCUT2D eigenvalue weighted by Crippen LogP contribution is -2.20. The Morgan fingerprint density at radius 2 is 1.81 bits per heavy atom. The van der Waals surface area contributed by atoms with E-state index in [1.54, 1.807) is 24.3 Å². The van der Waals surface area contributed by atoms with E-state index in [2.05, 4.69) is 5.32 Å². The number of hydrogen-bond acceptors (Lipinski definition) is 5. The van der Waals surface area contributed by atoms with Gasteiger partial charge in [0.2, 0.25) is 11.2 Å². The monoisotopic (exact) mass is 415 g/mol. The van der Waals surface area contributed by atoms with Gasteiger partial charge in [-0.25, -0.2) is 0 Å². The number of anilines is 1. The maximum Gasteiger partial charge on any atom is 0.262 e. The molecule has 0 spiro atoms. The van der Waals surface area contributed by atoms with Gasteiger partial charge in [-0.15, -0.1) is 0 Å². The van der Waals surface area contributed by atoms with Crippen molar-refractivity contribution in [2.45, 2.75) is 13.8 Å². The number of nitrogens with one attached hydrogen (secondary N) is 1. The molecule has 4 rings (SSSR count). The van der Waals surface area contributed by atoms with Crippen molar-refractivity contribution in [2.75, 3.05) is 11.9 Å². The summed E-state index contributed by atoms with van der Waals surface area (Å²) in [6.45, 7) is 3.69. The van der Waals surface area contributed by atoms with Crippen molar-refractivity contribution in [1.82, 2.24) is 0 Å². The Morgan fingerprint density at radius 1 is 0.968 bits per heavy atom. The largest absolute Gasteiger partial charge is 0.484 e. The quantitative estimate of drug-likeness (QED) is 0.467. The highest BCUT2D eigenvalue weighted by Crippen LogP contribution is 2.24. The molecular weight excluding hydrogens is 394 g/mol. The summed E-state index contributed by atoms with van der Waals surface area (Å²) in [7, 11) is 0. The van der Waals surface area contributed by atoms with Gasteiger partial charge in [0.15, 0.2) is 6.61 Å². The van der Waals surface area contributed by atoms with Crippen LogP contribution in [0.3, 0.4) is 0 Å². The molecule has 0 atom stereocenters. The lowest BCUT2D eigenvalue weighted by atomic mass is 10.2. The predicted octanol–water partition coefficient (Wildman–Crippen LogP) is 5.22. The van der Waals surface area contributed by atoms with Gasteiger partial charge in [-0.3, -0.25) is 9.59 Å². The molecule has 31 heavy (non-hydrogen) atoms. The molecule has 0 radical (unpaired) electrons. The Morgan fingerprint density at radius 3 is 2.61 bits per heavy atom. The minimum Gasteiger partial charge on any atom is -0.484 e. The van der Waals surface area contributed by atoms with Crippen molar-refractivity contribution in [1.29, 1.82) is 0 Å². The number of aryl methyl sites for hydroxylation is 2. The van der Waals surface area contributed by atoms with Crippen LogP contribution in [-0.2, 0) is 4.79 Å². The summed E-state index contributed by atoms with van der Waals surface area (Å²) in [5, 5.41) is 3.17. The molecule has 6 heteroatoms. The molecule has 0 aliphatic carbocycles. The molecule has 0 saturated carbocycles. The first-order valence-electron chi connectivity index (χ1n) is 9.78. The normalized spacial score (nSPS) is 10.6. The zero-order chi connectivity index (χ0) is 21.8. The van der Waals surface area contributed by atoms with Crippen LogP contribution >= 0.6 is 0 Å². The van der Waals surface area contributed by atoms with E-state index in [9.17, 15) is 9.59 Å². The Balaban J connectivity index is 1.46. The number of carbonyl (C=O) groups excluding carboxylic acids is 1. The lowest BCUT2D eigenvalue weighted by Gasteiger charge is -2.10. The molecule has 0 fully saturated rings. The van der Waals surface area contributed by atoms with E-state index in [0.29, 0.717) is 22.5 Å². The highest BCUT2D eigenvalue weighted by molar-refractivity contribution is 5.92. The number of amides is 1. The van der Waals surface area contributed by atoms with E-state index >= 15 is 0 Å². The van der Waals surface area contributed by atoms with Gasteiger partial charge in [-0.05, 0) is 55.3 Å². The van der Waals surface area contributed by atoms with Gasteiger partial charge < -0.3 is 19.2 Å². The maximum absolute atomic E-state index is 12.7. The van der Waals surface area contributed by atoms with E-state index in [-0.39, 0.29) is 23.7 Å². The van der Waals surface area contributed by atoms with Crippen LogP contribution in [0.4, 0.5) is 5.69 Å².